The van der Waals surface area contributed by atoms with E-state index in [-0.39, 0.29) is 17.9 Å². The Morgan fingerprint density at radius 2 is 1.77 bits per heavy atom. The molecule has 0 unspecified atom stereocenters. The molecule has 0 aliphatic rings. The number of fused-ring (bicyclic) bond motifs is 1. The molecule has 35 heavy (non-hydrogen) atoms. The average Bonchev–Trinajstić information content (AvgIpc) is 3.20. The Hall–Kier alpha value is -3.87. The second-order valence-corrected chi connectivity index (χ2v) is 8.82. The number of nitrogens with one attached hydrogen (secondary N) is 1. The van der Waals surface area contributed by atoms with Gasteiger partial charge in [0.05, 0.1) is 18.0 Å². The number of benzene rings is 2. The van der Waals surface area contributed by atoms with E-state index in [0.29, 0.717) is 25.1 Å². The van der Waals surface area contributed by atoms with E-state index in [2.05, 4.69) is 5.32 Å². The third kappa shape index (κ3) is 4.85. The minimum absolute atomic E-state index is 0.0993. The highest BCUT2D eigenvalue weighted by Gasteiger charge is 2.20. The second-order valence-electron chi connectivity index (χ2n) is 8.82. The molecule has 2 aromatic heterocycles. The standard InChI is InChI=1S/C28H32N4O3/c1-6-35-24-10-8-7-9-21(24)17-29-25(33)16-15-23-19(3)26-20(4)30-32(27(26)31(5)28(23)34)22-13-11-18(2)12-14-22/h7-14H,6,15-17H2,1-5H3,(H,29,33). The van der Waals surface area contributed by atoms with Crippen molar-refractivity contribution in [3.05, 3.63) is 86.8 Å². The summed E-state index contributed by atoms with van der Waals surface area (Å²) >= 11 is 0. The van der Waals surface area contributed by atoms with Crippen molar-refractivity contribution < 1.29 is 9.53 Å². The molecule has 0 fully saturated rings. The van der Waals surface area contributed by atoms with Gasteiger partial charge in [-0.1, -0.05) is 35.9 Å². The van der Waals surface area contributed by atoms with E-state index in [0.717, 1.165) is 44.9 Å². The fourth-order valence-electron chi connectivity index (χ4n) is 4.50. The van der Waals surface area contributed by atoms with Crippen LogP contribution in [-0.4, -0.2) is 26.9 Å². The number of rotatable bonds is 8. The van der Waals surface area contributed by atoms with Crippen LogP contribution in [0.25, 0.3) is 16.7 Å². The van der Waals surface area contributed by atoms with Crippen LogP contribution in [0, 0.1) is 20.8 Å². The first-order valence-corrected chi connectivity index (χ1v) is 11.9. The summed E-state index contributed by atoms with van der Waals surface area (Å²) in [7, 11) is 1.77. The smallest absolute Gasteiger partial charge is 0.255 e. The van der Waals surface area contributed by atoms with E-state index in [4.69, 9.17) is 9.84 Å². The number of carbonyl (C=O) groups is 1. The van der Waals surface area contributed by atoms with Gasteiger partial charge in [-0.2, -0.15) is 5.10 Å². The fraction of sp³-hybridized carbons (Fsp3) is 0.321. The molecule has 1 N–H and O–H groups in total. The SMILES string of the molecule is CCOc1ccccc1CNC(=O)CCc1c(C)c2c(C)nn(-c3ccc(C)cc3)c2n(C)c1=O. The summed E-state index contributed by atoms with van der Waals surface area (Å²) in [5, 5.41) is 8.65. The van der Waals surface area contributed by atoms with Crippen LogP contribution in [0.4, 0.5) is 0 Å². The Morgan fingerprint density at radius 1 is 1.06 bits per heavy atom. The normalized spacial score (nSPS) is 11.1. The Balaban J connectivity index is 1.57. The molecular weight excluding hydrogens is 440 g/mol. The van der Waals surface area contributed by atoms with Crippen LogP contribution >= 0.6 is 0 Å². The number of hydrogen-bond donors (Lipinski definition) is 1. The van der Waals surface area contributed by atoms with Crippen molar-refractivity contribution in [1.82, 2.24) is 19.7 Å². The van der Waals surface area contributed by atoms with Crippen molar-refractivity contribution in [1.29, 1.82) is 0 Å². The monoisotopic (exact) mass is 472 g/mol. The van der Waals surface area contributed by atoms with Gasteiger partial charge in [-0.05, 0) is 57.9 Å². The van der Waals surface area contributed by atoms with E-state index in [1.54, 1.807) is 11.6 Å². The fourth-order valence-corrected chi connectivity index (χ4v) is 4.50. The third-order valence-electron chi connectivity index (χ3n) is 6.37. The summed E-state index contributed by atoms with van der Waals surface area (Å²) in [6, 6.07) is 15.7. The molecule has 0 aliphatic carbocycles. The van der Waals surface area contributed by atoms with Crippen molar-refractivity contribution in [2.45, 2.75) is 47.1 Å². The minimum atomic E-state index is -0.107. The molecule has 4 aromatic rings. The summed E-state index contributed by atoms with van der Waals surface area (Å²) in [5.41, 5.74) is 6.04. The molecule has 0 bridgehead atoms. The van der Waals surface area contributed by atoms with Crippen molar-refractivity contribution in [2.75, 3.05) is 6.61 Å². The van der Waals surface area contributed by atoms with Crippen molar-refractivity contribution in [2.24, 2.45) is 7.05 Å². The van der Waals surface area contributed by atoms with Crippen LogP contribution in [0.15, 0.2) is 53.3 Å². The number of ether oxygens (including phenoxy) is 1. The third-order valence-corrected chi connectivity index (χ3v) is 6.37. The summed E-state index contributed by atoms with van der Waals surface area (Å²) in [6.45, 7) is 8.82. The maximum atomic E-state index is 13.3. The highest BCUT2D eigenvalue weighted by Crippen LogP contribution is 2.26. The summed E-state index contributed by atoms with van der Waals surface area (Å²) < 4.78 is 9.10. The van der Waals surface area contributed by atoms with Crippen molar-refractivity contribution in [3.63, 3.8) is 0 Å². The van der Waals surface area contributed by atoms with E-state index in [1.165, 1.54) is 0 Å². The lowest BCUT2D eigenvalue weighted by atomic mass is 10.0. The molecule has 0 spiro atoms. The van der Waals surface area contributed by atoms with Crippen molar-refractivity contribution in [3.8, 4) is 11.4 Å². The highest BCUT2D eigenvalue weighted by molar-refractivity contribution is 5.85. The number of para-hydroxylation sites is 1. The lowest BCUT2D eigenvalue weighted by Gasteiger charge is -2.13. The maximum Gasteiger partial charge on any atom is 0.255 e. The number of nitrogens with zero attached hydrogens (tertiary/aromatic N) is 3. The molecular formula is C28H32N4O3. The van der Waals surface area contributed by atoms with E-state index >= 15 is 0 Å². The zero-order valence-electron chi connectivity index (χ0n) is 21.0. The first-order valence-electron chi connectivity index (χ1n) is 11.9. The van der Waals surface area contributed by atoms with Gasteiger partial charge < -0.3 is 10.1 Å². The molecule has 4 rings (SSSR count). The number of aromatic nitrogens is 3. The largest absolute Gasteiger partial charge is 0.494 e. The Bertz CT molecular complexity index is 1430. The van der Waals surface area contributed by atoms with Gasteiger partial charge in [0.25, 0.3) is 5.56 Å². The predicted octanol–water partition coefficient (Wildman–Crippen LogP) is 4.30. The first-order chi connectivity index (χ1) is 16.8. The van der Waals surface area contributed by atoms with Crippen LogP contribution in [0.2, 0.25) is 0 Å². The van der Waals surface area contributed by atoms with E-state index in [9.17, 15) is 9.59 Å². The predicted molar refractivity (Wildman–Crippen MR) is 138 cm³/mol. The molecule has 0 radical (unpaired) electrons. The zero-order chi connectivity index (χ0) is 25.1. The summed E-state index contributed by atoms with van der Waals surface area (Å²) in [5.74, 6) is 0.663. The van der Waals surface area contributed by atoms with Gasteiger partial charge >= 0.3 is 0 Å². The van der Waals surface area contributed by atoms with Gasteiger partial charge in [-0.15, -0.1) is 0 Å². The molecule has 0 saturated carbocycles. The zero-order valence-corrected chi connectivity index (χ0v) is 21.0. The molecule has 0 aliphatic heterocycles. The van der Waals surface area contributed by atoms with Gasteiger partial charge in [-0.25, -0.2) is 4.68 Å². The quantitative estimate of drug-likeness (QED) is 0.415. The second kappa shape index (κ2) is 10.2. The van der Waals surface area contributed by atoms with Crippen LogP contribution in [0.3, 0.4) is 0 Å². The van der Waals surface area contributed by atoms with Gasteiger partial charge in [0, 0.05) is 36.5 Å². The van der Waals surface area contributed by atoms with Gasteiger partial charge in [-0.3, -0.25) is 14.2 Å². The van der Waals surface area contributed by atoms with Gasteiger partial charge in [0.1, 0.15) is 11.4 Å². The first kappa shape index (κ1) is 24.3. The van der Waals surface area contributed by atoms with E-state index in [1.807, 2.05) is 80.9 Å². The maximum absolute atomic E-state index is 13.3. The molecule has 0 saturated heterocycles. The topological polar surface area (TPSA) is 78.2 Å². The minimum Gasteiger partial charge on any atom is -0.494 e. The molecule has 182 valence electrons. The van der Waals surface area contributed by atoms with E-state index < -0.39 is 0 Å². The average molecular weight is 473 g/mol. The highest BCUT2D eigenvalue weighted by atomic mass is 16.5. The summed E-state index contributed by atoms with van der Waals surface area (Å²) in [6.07, 6.45) is 0.589. The van der Waals surface area contributed by atoms with Gasteiger partial charge in [0.2, 0.25) is 5.91 Å². The molecule has 2 heterocycles. The Morgan fingerprint density at radius 3 is 2.49 bits per heavy atom. The Labute approximate surface area is 205 Å². The van der Waals surface area contributed by atoms with Crippen LogP contribution in [0.5, 0.6) is 5.75 Å². The lowest BCUT2D eigenvalue weighted by molar-refractivity contribution is -0.121. The number of amides is 1. The Kier molecular flexibility index (Phi) is 7.05. The van der Waals surface area contributed by atoms with Crippen LogP contribution < -0.4 is 15.6 Å². The van der Waals surface area contributed by atoms with Crippen LogP contribution in [0.1, 0.15) is 41.3 Å². The van der Waals surface area contributed by atoms with Crippen LogP contribution in [-0.2, 0) is 24.8 Å². The molecule has 1 amide bonds. The molecule has 7 nitrogen and oxygen atoms in total. The van der Waals surface area contributed by atoms with Gasteiger partial charge in [0.15, 0.2) is 0 Å². The number of aryl methyl sites for hydroxylation is 4. The number of carbonyl (C=O) groups excluding carboxylic acids is 1. The van der Waals surface area contributed by atoms with Crippen molar-refractivity contribution >= 4 is 16.9 Å². The molecule has 2 aromatic carbocycles. The molecule has 0 atom stereocenters. The number of pyridine rings is 1. The number of hydrogen-bond acceptors (Lipinski definition) is 4. The molecule has 7 heteroatoms. The summed E-state index contributed by atoms with van der Waals surface area (Å²) in [4.78, 5) is 26.0. The lowest BCUT2D eigenvalue weighted by Crippen LogP contribution is -2.27.